The molecule has 0 fully saturated rings. The minimum atomic E-state index is -0.251. The Morgan fingerprint density at radius 1 is 1.08 bits per heavy atom. The third-order valence-corrected chi connectivity index (χ3v) is 4.55. The molecule has 0 saturated heterocycles. The Labute approximate surface area is 142 Å². The van der Waals surface area contributed by atoms with E-state index in [0.29, 0.717) is 11.3 Å². The predicted molar refractivity (Wildman–Crippen MR) is 96.6 cm³/mol. The maximum atomic E-state index is 12.6. The Morgan fingerprint density at radius 2 is 1.79 bits per heavy atom. The Hall–Kier alpha value is -2.62. The second-order valence-corrected chi connectivity index (χ2v) is 6.22. The van der Waals surface area contributed by atoms with Gasteiger partial charge in [0.05, 0.1) is 0 Å². The molecule has 1 aliphatic rings. The number of para-hydroxylation sites is 1. The third kappa shape index (κ3) is 3.32. The lowest BCUT2D eigenvalue weighted by atomic mass is 10.00. The van der Waals surface area contributed by atoms with E-state index < -0.39 is 0 Å². The zero-order chi connectivity index (χ0) is 17.1. The van der Waals surface area contributed by atoms with Crippen molar-refractivity contribution >= 4 is 23.1 Å². The second-order valence-electron chi connectivity index (χ2n) is 6.22. The topological polar surface area (TPSA) is 49.4 Å². The minimum Gasteiger partial charge on any atom is -0.360 e. The molecule has 0 aromatic heterocycles. The highest BCUT2D eigenvalue weighted by atomic mass is 16.2. The SMILES string of the molecule is CC(=O)c1ccc(NC(=O)[C@@H](C)N2CCCc3ccccc32)cc1. The zero-order valence-electron chi connectivity index (χ0n) is 14.1. The number of benzene rings is 2. The van der Waals surface area contributed by atoms with E-state index in [0.717, 1.165) is 25.1 Å². The Kier molecular flexibility index (Phi) is 4.65. The van der Waals surface area contributed by atoms with Crippen LogP contribution in [0, 0.1) is 0 Å². The van der Waals surface area contributed by atoms with Crippen molar-refractivity contribution in [1.29, 1.82) is 0 Å². The second kappa shape index (κ2) is 6.87. The number of Topliss-reactive ketones (excluding diaryl/α,β-unsaturated/α-hetero) is 1. The summed E-state index contributed by atoms with van der Waals surface area (Å²) < 4.78 is 0. The lowest BCUT2D eigenvalue weighted by Gasteiger charge is -2.35. The minimum absolute atomic E-state index is 0.0196. The van der Waals surface area contributed by atoms with Crippen molar-refractivity contribution in [1.82, 2.24) is 0 Å². The van der Waals surface area contributed by atoms with Gasteiger partial charge in [-0.2, -0.15) is 0 Å². The van der Waals surface area contributed by atoms with Crippen molar-refractivity contribution in [2.24, 2.45) is 0 Å². The van der Waals surface area contributed by atoms with Crippen LogP contribution in [-0.4, -0.2) is 24.3 Å². The first-order valence-corrected chi connectivity index (χ1v) is 8.32. The molecule has 4 heteroatoms. The first kappa shape index (κ1) is 16.2. The summed E-state index contributed by atoms with van der Waals surface area (Å²) in [5.41, 5.74) is 3.81. The molecule has 1 atom stereocenters. The molecule has 0 aliphatic carbocycles. The van der Waals surface area contributed by atoms with Gasteiger partial charge in [-0.3, -0.25) is 9.59 Å². The Morgan fingerprint density at radius 3 is 2.50 bits per heavy atom. The summed E-state index contributed by atoms with van der Waals surface area (Å²) in [6.45, 7) is 4.35. The van der Waals surface area contributed by atoms with Crippen molar-refractivity contribution in [3.8, 4) is 0 Å². The highest BCUT2D eigenvalue weighted by Gasteiger charge is 2.25. The molecule has 0 unspecified atom stereocenters. The molecule has 0 radical (unpaired) electrons. The lowest BCUT2D eigenvalue weighted by Crippen LogP contribution is -2.44. The average Bonchev–Trinajstić information content (AvgIpc) is 2.61. The average molecular weight is 322 g/mol. The van der Waals surface area contributed by atoms with Gasteiger partial charge in [-0.15, -0.1) is 0 Å². The molecule has 124 valence electrons. The fourth-order valence-electron chi connectivity index (χ4n) is 3.14. The number of hydrogen-bond donors (Lipinski definition) is 1. The Bertz CT molecular complexity index is 752. The van der Waals surface area contributed by atoms with E-state index in [-0.39, 0.29) is 17.7 Å². The number of nitrogens with one attached hydrogen (secondary N) is 1. The normalized spacial score (nSPS) is 14.7. The van der Waals surface area contributed by atoms with Gasteiger partial charge in [0.15, 0.2) is 5.78 Å². The summed E-state index contributed by atoms with van der Waals surface area (Å²) in [5, 5.41) is 2.94. The van der Waals surface area contributed by atoms with Crippen LogP contribution in [0.1, 0.15) is 36.2 Å². The predicted octanol–water partition coefficient (Wildman–Crippen LogP) is 3.67. The number of carbonyl (C=O) groups excluding carboxylic acids is 2. The zero-order valence-corrected chi connectivity index (χ0v) is 14.1. The van der Waals surface area contributed by atoms with E-state index in [1.165, 1.54) is 12.5 Å². The van der Waals surface area contributed by atoms with Crippen LogP contribution in [0.3, 0.4) is 0 Å². The molecule has 1 heterocycles. The van der Waals surface area contributed by atoms with Crippen LogP contribution in [0.25, 0.3) is 0 Å². The van der Waals surface area contributed by atoms with Gasteiger partial charge in [0, 0.05) is 23.5 Å². The van der Waals surface area contributed by atoms with Crippen molar-refractivity contribution in [2.75, 3.05) is 16.8 Å². The van der Waals surface area contributed by atoms with E-state index in [9.17, 15) is 9.59 Å². The van der Waals surface area contributed by atoms with Crippen LogP contribution in [-0.2, 0) is 11.2 Å². The van der Waals surface area contributed by atoms with E-state index in [2.05, 4.69) is 22.3 Å². The summed E-state index contributed by atoms with van der Waals surface area (Å²) in [7, 11) is 0. The van der Waals surface area contributed by atoms with Crippen molar-refractivity contribution in [3.05, 3.63) is 59.7 Å². The van der Waals surface area contributed by atoms with E-state index >= 15 is 0 Å². The number of amides is 1. The number of rotatable bonds is 4. The molecule has 2 aromatic carbocycles. The molecule has 0 bridgehead atoms. The highest BCUT2D eigenvalue weighted by Crippen LogP contribution is 2.28. The van der Waals surface area contributed by atoms with Crippen LogP contribution in [0.4, 0.5) is 11.4 Å². The molecule has 0 spiro atoms. The smallest absolute Gasteiger partial charge is 0.246 e. The molecular weight excluding hydrogens is 300 g/mol. The van der Waals surface area contributed by atoms with Gasteiger partial charge in [-0.1, -0.05) is 18.2 Å². The number of aryl methyl sites for hydroxylation is 1. The fraction of sp³-hybridized carbons (Fsp3) is 0.300. The summed E-state index contributed by atoms with van der Waals surface area (Å²) in [4.78, 5) is 26.1. The number of anilines is 2. The maximum absolute atomic E-state index is 12.6. The van der Waals surface area contributed by atoms with Crippen LogP contribution >= 0.6 is 0 Å². The molecule has 1 aliphatic heterocycles. The molecule has 4 nitrogen and oxygen atoms in total. The molecule has 1 N–H and O–H groups in total. The first-order chi connectivity index (χ1) is 11.6. The number of fused-ring (bicyclic) bond motifs is 1. The van der Waals surface area contributed by atoms with Crippen LogP contribution in [0.15, 0.2) is 48.5 Å². The van der Waals surface area contributed by atoms with Gasteiger partial charge in [-0.25, -0.2) is 0 Å². The van der Waals surface area contributed by atoms with Gasteiger partial charge in [0.25, 0.3) is 0 Å². The summed E-state index contributed by atoms with van der Waals surface area (Å²) >= 11 is 0. The third-order valence-electron chi connectivity index (χ3n) is 4.55. The Balaban J connectivity index is 1.72. The molecule has 24 heavy (non-hydrogen) atoms. The maximum Gasteiger partial charge on any atom is 0.246 e. The van der Waals surface area contributed by atoms with Crippen molar-refractivity contribution in [2.45, 2.75) is 32.7 Å². The van der Waals surface area contributed by atoms with Crippen LogP contribution in [0.5, 0.6) is 0 Å². The van der Waals surface area contributed by atoms with Gasteiger partial charge in [-0.05, 0) is 62.6 Å². The van der Waals surface area contributed by atoms with Crippen LogP contribution in [0.2, 0.25) is 0 Å². The van der Waals surface area contributed by atoms with E-state index in [1.807, 2.05) is 19.1 Å². The number of ketones is 1. The number of carbonyl (C=O) groups is 2. The van der Waals surface area contributed by atoms with Crippen molar-refractivity contribution in [3.63, 3.8) is 0 Å². The fourth-order valence-corrected chi connectivity index (χ4v) is 3.14. The lowest BCUT2D eigenvalue weighted by molar-refractivity contribution is -0.117. The highest BCUT2D eigenvalue weighted by molar-refractivity contribution is 5.98. The quantitative estimate of drug-likeness (QED) is 0.874. The number of hydrogen-bond acceptors (Lipinski definition) is 3. The molecule has 0 saturated carbocycles. The molecular formula is C20H22N2O2. The van der Waals surface area contributed by atoms with E-state index in [1.54, 1.807) is 24.3 Å². The van der Waals surface area contributed by atoms with Crippen LogP contribution < -0.4 is 10.2 Å². The molecule has 1 amide bonds. The largest absolute Gasteiger partial charge is 0.360 e. The van der Waals surface area contributed by atoms with E-state index in [4.69, 9.17) is 0 Å². The summed E-state index contributed by atoms with van der Waals surface area (Å²) in [6.07, 6.45) is 2.12. The monoisotopic (exact) mass is 322 g/mol. The van der Waals surface area contributed by atoms with Crippen molar-refractivity contribution < 1.29 is 9.59 Å². The molecule has 3 rings (SSSR count). The molecule has 2 aromatic rings. The summed E-state index contributed by atoms with van der Waals surface area (Å²) in [6, 6.07) is 15.0. The van der Waals surface area contributed by atoms with Gasteiger partial charge in [0.2, 0.25) is 5.91 Å². The summed E-state index contributed by atoms with van der Waals surface area (Å²) in [5.74, 6) is -0.0200. The standard InChI is InChI=1S/C20H22N2O2/c1-14(22-13-5-7-17-6-3-4-8-19(17)22)20(24)21-18-11-9-16(10-12-18)15(2)23/h3-4,6,8-12,14H,5,7,13H2,1-2H3,(H,21,24)/t14-/m1/s1. The van der Waals surface area contributed by atoms with Gasteiger partial charge in [0.1, 0.15) is 6.04 Å². The van der Waals surface area contributed by atoms with Gasteiger partial charge >= 0.3 is 0 Å². The van der Waals surface area contributed by atoms with Gasteiger partial charge < -0.3 is 10.2 Å². The first-order valence-electron chi connectivity index (χ1n) is 8.32. The number of nitrogens with zero attached hydrogens (tertiary/aromatic N) is 1.